The molecule has 174 valence electrons. The van der Waals surface area contributed by atoms with Gasteiger partial charge in [0.1, 0.15) is 18.1 Å². The van der Waals surface area contributed by atoms with Crippen molar-refractivity contribution in [3.63, 3.8) is 0 Å². The molecule has 1 fully saturated rings. The van der Waals surface area contributed by atoms with Crippen LogP contribution in [0.4, 0.5) is 0 Å². The third-order valence-corrected chi connectivity index (χ3v) is 5.06. The number of carboxylic acid groups (broad SMARTS) is 1. The Morgan fingerprint density at radius 2 is 1.75 bits per heavy atom. The number of carbonyl (C=O) groups is 5. The topological polar surface area (TPSA) is 180 Å². The van der Waals surface area contributed by atoms with Crippen LogP contribution in [-0.2, 0) is 30.4 Å². The van der Waals surface area contributed by atoms with Crippen molar-refractivity contribution in [3.05, 3.63) is 35.9 Å². The number of carbonyl (C=O) groups excluding carboxylic acids is 4. The average molecular weight is 447 g/mol. The fourth-order valence-corrected chi connectivity index (χ4v) is 3.32. The van der Waals surface area contributed by atoms with E-state index in [1.54, 1.807) is 30.3 Å². The summed E-state index contributed by atoms with van der Waals surface area (Å²) in [5, 5.41) is 19.7. The third-order valence-electron chi connectivity index (χ3n) is 5.06. The Balaban J connectivity index is 1.96. The monoisotopic (exact) mass is 447 g/mol. The van der Waals surface area contributed by atoms with E-state index in [4.69, 9.17) is 5.73 Å². The lowest BCUT2D eigenvalue weighted by Crippen LogP contribution is -2.57. The maximum Gasteiger partial charge on any atom is 0.326 e. The van der Waals surface area contributed by atoms with Crippen molar-refractivity contribution in [2.45, 2.75) is 56.8 Å². The van der Waals surface area contributed by atoms with Gasteiger partial charge in [0.2, 0.25) is 23.6 Å². The van der Waals surface area contributed by atoms with E-state index in [1.807, 2.05) is 0 Å². The SMILES string of the molecule is CC(NC(=O)C(CC(N)=O)NC(=O)C1CCCN1)C(=O)NC(Cc1ccccc1)C(=O)O. The predicted molar refractivity (Wildman–Crippen MR) is 114 cm³/mol. The molecule has 1 heterocycles. The van der Waals surface area contributed by atoms with Crippen molar-refractivity contribution in [1.29, 1.82) is 0 Å². The lowest BCUT2D eigenvalue weighted by Gasteiger charge is -2.23. The molecule has 11 heteroatoms. The average Bonchev–Trinajstić information content (AvgIpc) is 3.28. The lowest BCUT2D eigenvalue weighted by atomic mass is 10.1. The van der Waals surface area contributed by atoms with Crippen molar-refractivity contribution in [2.75, 3.05) is 6.54 Å². The molecule has 0 aromatic heterocycles. The van der Waals surface area contributed by atoms with E-state index in [2.05, 4.69) is 21.3 Å². The standard InChI is InChI=1S/C21H29N5O6/c1-12(18(28)26-16(21(31)32)10-13-6-3-2-4-7-13)24-20(30)15(11-17(22)27)25-19(29)14-8-5-9-23-14/h2-4,6-7,12,14-16,23H,5,8-11H2,1H3,(H2,22,27)(H,24,30)(H,25,29)(H,26,28)(H,31,32). The fourth-order valence-electron chi connectivity index (χ4n) is 3.32. The molecular weight excluding hydrogens is 418 g/mol. The zero-order chi connectivity index (χ0) is 23.7. The summed E-state index contributed by atoms with van der Waals surface area (Å²) in [5.74, 6) is -3.94. The van der Waals surface area contributed by atoms with Gasteiger partial charge in [-0.15, -0.1) is 0 Å². The first-order valence-electron chi connectivity index (χ1n) is 10.4. The molecule has 4 atom stereocenters. The number of benzene rings is 1. The van der Waals surface area contributed by atoms with Crippen LogP contribution < -0.4 is 27.0 Å². The second-order valence-electron chi connectivity index (χ2n) is 7.70. The van der Waals surface area contributed by atoms with Gasteiger partial charge in [-0.2, -0.15) is 0 Å². The molecular formula is C21H29N5O6. The highest BCUT2D eigenvalue weighted by Gasteiger charge is 2.30. The van der Waals surface area contributed by atoms with E-state index < -0.39 is 60.2 Å². The molecule has 1 aromatic carbocycles. The van der Waals surface area contributed by atoms with Crippen molar-refractivity contribution >= 4 is 29.6 Å². The predicted octanol–water partition coefficient (Wildman–Crippen LogP) is -1.58. The van der Waals surface area contributed by atoms with E-state index in [-0.39, 0.29) is 6.42 Å². The molecule has 0 aliphatic carbocycles. The number of primary amides is 1. The number of aliphatic carboxylic acids is 1. The number of amides is 4. The van der Waals surface area contributed by atoms with Crippen molar-refractivity contribution < 1.29 is 29.1 Å². The summed E-state index contributed by atoms with van der Waals surface area (Å²) < 4.78 is 0. The summed E-state index contributed by atoms with van der Waals surface area (Å²) in [6.45, 7) is 2.05. The van der Waals surface area contributed by atoms with Crippen LogP contribution in [0.5, 0.6) is 0 Å². The van der Waals surface area contributed by atoms with Gasteiger partial charge >= 0.3 is 5.97 Å². The Morgan fingerprint density at radius 3 is 2.31 bits per heavy atom. The highest BCUT2D eigenvalue weighted by Crippen LogP contribution is 2.06. The van der Waals surface area contributed by atoms with Gasteiger partial charge in [-0.05, 0) is 31.9 Å². The minimum absolute atomic E-state index is 0.0668. The maximum atomic E-state index is 12.6. The zero-order valence-corrected chi connectivity index (χ0v) is 17.8. The summed E-state index contributed by atoms with van der Waals surface area (Å²) in [5.41, 5.74) is 5.92. The number of nitrogens with one attached hydrogen (secondary N) is 4. The van der Waals surface area contributed by atoms with Gasteiger partial charge < -0.3 is 32.1 Å². The van der Waals surface area contributed by atoms with Crippen LogP contribution in [-0.4, -0.2) is 65.4 Å². The molecule has 0 spiro atoms. The Hall–Kier alpha value is -3.47. The van der Waals surface area contributed by atoms with Gasteiger partial charge in [0.05, 0.1) is 12.5 Å². The van der Waals surface area contributed by atoms with Crippen LogP contribution in [0.15, 0.2) is 30.3 Å². The Morgan fingerprint density at radius 1 is 1.06 bits per heavy atom. The van der Waals surface area contributed by atoms with Gasteiger partial charge in [-0.1, -0.05) is 30.3 Å². The maximum absolute atomic E-state index is 12.6. The van der Waals surface area contributed by atoms with Crippen LogP contribution in [0, 0.1) is 0 Å². The molecule has 4 amide bonds. The molecule has 1 aromatic rings. The molecule has 11 nitrogen and oxygen atoms in total. The van der Waals surface area contributed by atoms with Crippen LogP contribution in [0.1, 0.15) is 31.7 Å². The molecule has 32 heavy (non-hydrogen) atoms. The minimum Gasteiger partial charge on any atom is -0.480 e. The quantitative estimate of drug-likeness (QED) is 0.237. The molecule has 2 rings (SSSR count). The molecule has 1 aliphatic rings. The number of nitrogens with two attached hydrogens (primary N) is 1. The number of carboxylic acids is 1. The minimum atomic E-state index is -1.25. The van der Waals surface area contributed by atoms with Crippen molar-refractivity contribution in [2.24, 2.45) is 5.73 Å². The number of hydrogen-bond donors (Lipinski definition) is 6. The van der Waals surface area contributed by atoms with Crippen LogP contribution >= 0.6 is 0 Å². The van der Waals surface area contributed by atoms with Crippen LogP contribution in [0.25, 0.3) is 0 Å². The second-order valence-corrected chi connectivity index (χ2v) is 7.70. The van der Waals surface area contributed by atoms with Gasteiger partial charge in [-0.3, -0.25) is 19.2 Å². The highest BCUT2D eigenvalue weighted by atomic mass is 16.4. The largest absolute Gasteiger partial charge is 0.480 e. The first kappa shape index (κ1) is 24.8. The molecule has 7 N–H and O–H groups in total. The summed E-state index contributed by atoms with van der Waals surface area (Å²) in [6, 6.07) is 4.76. The number of hydrogen-bond acceptors (Lipinski definition) is 6. The van der Waals surface area contributed by atoms with E-state index in [1.165, 1.54) is 6.92 Å². The molecule has 0 bridgehead atoms. The summed E-state index contributed by atoms with van der Waals surface area (Å²) in [4.78, 5) is 60.3. The lowest BCUT2D eigenvalue weighted by molar-refractivity contribution is -0.142. The van der Waals surface area contributed by atoms with Gasteiger partial charge in [0, 0.05) is 6.42 Å². The van der Waals surface area contributed by atoms with E-state index in [0.29, 0.717) is 13.0 Å². The van der Waals surface area contributed by atoms with E-state index >= 15 is 0 Å². The molecule has 4 unspecified atom stereocenters. The Kier molecular flexibility index (Phi) is 9.14. The normalized spacial score (nSPS) is 18.1. The second kappa shape index (κ2) is 11.8. The first-order chi connectivity index (χ1) is 15.2. The van der Waals surface area contributed by atoms with E-state index in [0.717, 1.165) is 12.0 Å². The van der Waals surface area contributed by atoms with Crippen LogP contribution in [0.3, 0.4) is 0 Å². The van der Waals surface area contributed by atoms with Gasteiger partial charge in [-0.25, -0.2) is 4.79 Å². The highest BCUT2D eigenvalue weighted by molar-refractivity contribution is 5.96. The third kappa shape index (κ3) is 7.65. The number of rotatable bonds is 11. The molecule has 0 radical (unpaired) electrons. The molecule has 0 saturated carbocycles. The van der Waals surface area contributed by atoms with E-state index in [9.17, 15) is 29.1 Å². The first-order valence-corrected chi connectivity index (χ1v) is 10.4. The smallest absolute Gasteiger partial charge is 0.326 e. The van der Waals surface area contributed by atoms with Crippen LogP contribution in [0.2, 0.25) is 0 Å². The fraction of sp³-hybridized carbons (Fsp3) is 0.476. The van der Waals surface area contributed by atoms with Crippen molar-refractivity contribution in [3.8, 4) is 0 Å². The Bertz CT molecular complexity index is 840. The Labute approximate surface area is 185 Å². The van der Waals surface area contributed by atoms with Crippen molar-refractivity contribution in [1.82, 2.24) is 21.3 Å². The van der Waals surface area contributed by atoms with Gasteiger partial charge in [0.25, 0.3) is 0 Å². The molecule has 1 aliphatic heterocycles. The zero-order valence-electron chi connectivity index (χ0n) is 17.8. The summed E-state index contributed by atoms with van der Waals surface area (Å²) in [6.07, 6.45) is 1.05. The molecule has 1 saturated heterocycles. The summed E-state index contributed by atoms with van der Waals surface area (Å²) in [7, 11) is 0. The summed E-state index contributed by atoms with van der Waals surface area (Å²) >= 11 is 0. The van der Waals surface area contributed by atoms with Gasteiger partial charge in [0.15, 0.2) is 0 Å².